The van der Waals surface area contributed by atoms with Gasteiger partial charge in [0.15, 0.2) is 17.3 Å². The van der Waals surface area contributed by atoms with Gasteiger partial charge in [0.1, 0.15) is 0 Å². The largest absolute Gasteiger partial charge is 0.454 e. The average Bonchev–Trinajstić information content (AvgIpc) is 3.31. The lowest BCUT2D eigenvalue weighted by Gasteiger charge is -2.20. The molecule has 2 atom stereocenters. The summed E-state index contributed by atoms with van der Waals surface area (Å²) in [5.74, 6) is 1.43. The molecular formula is C27H27NO4. The molecule has 0 amide bonds. The number of ketones is 1. The maximum absolute atomic E-state index is 13.2. The number of rotatable bonds is 9. The van der Waals surface area contributed by atoms with Gasteiger partial charge in [0.25, 0.3) is 0 Å². The maximum atomic E-state index is 13.2. The monoisotopic (exact) mass is 429 g/mol. The third-order valence-corrected chi connectivity index (χ3v) is 5.53. The SMILES string of the molecule is CC(NCCC(=O)/C(=C/c1ccc2c(c1)OCO2)c1ccccc1)C(O)c1ccccc1. The molecule has 0 bridgehead atoms. The van der Waals surface area contributed by atoms with Crippen LogP contribution in [0, 0.1) is 0 Å². The molecule has 1 aliphatic heterocycles. The Labute approximate surface area is 188 Å². The van der Waals surface area contributed by atoms with E-state index in [0.29, 0.717) is 30.0 Å². The van der Waals surface area contributed by atoms with E-state index in [1.54, 1.807) is 0 Å². The first-order chi connectivity index (χ1) is 15.6. The van der Waals surface area contributed by atoms with Gasteiger partial charge in [-0.3, -0.25) is 4.79 Å². The van der Waals surface area contributed by atoms with E-state index < -0.39 is 6.10 Å². The van der Waals surface area contributed by atoms with Gasteiger partial charge in [0.05, 0.1) is 6.10 Å². The molecule has 2 unspecified atom stereocenters. The summed E-state index contributed by atoms with van der Waals surface area (Å²) in [6.45, 7) is 2.60. The van der Waals surface area contributed by atoms with Crippen LogP contribution in [0.5, 0.6) is 11.5 Å². The normalized spacial score (nSPS) is 14.8. The van der Waals surface area contributed by atoms with Crippen LogP contribution in [-0.2, 0) is 4.79 Å². The standard InChI is InChI=1S/C27H27NO4/c1-19(27(30)22-10-6-3-7-11-22)28-15-14-24(29)23(21-8-4-2-5-9-21)16-20-12-13-25-26(17-20)32-18-31-25/h2-13,16-17,19,27-28,30H,14-15,18H2,1H3/b23-16+. The van der Waals surface area contributed by atoms with Gasteiger partial charge in [-0.25, -0.2) is 0 Å². The Kier molecular flexibility index (Phi) is 7.00. The molecule has 0 radical (unpaired) electrons. The van der Waals surface area contributed by atoms with Crippen molar-refractivity contribution in [3.8, 4) is 11.5 Å². The van der Waals surface area contributed by atoms with Crippen LogP contribution in [0.4, 0.5) is 0 Å². The molecule has 0 fully saturated rings. The predicted molar refractivity (Wildman–Crippen MR) is 125 cm³/mol. The highest BCUT2D eigenvalue weighted by Gasteiger charge is 2.18. The highest BCUT2D eigenvalue weighted by Crippen LogP contribution is 2.34. The van der Waals surface area contributed by atoms with Gasteiger partial charge in [-0.05, 0) is 41.8 Å². The third kappa shape index (κ3) is 5.25. The van der Waals surface area contributed by atoms with Crippen molar-refractivity contribution in [3.05, 3.63) is 95.6 Å². The number of benzene rings is 3. The number of Topliss-reactive ketones (excluding diaryl/α,β-unsaturated/α-hetero) is 1. The summed E-state index contributed by atoms with van der Waals surface area (Å²) in [4.78, 5) is 13.2. The highest BCUT2D eigenvalue weighted by molar-refractivity contribution is 6.25. The van der Waals surface area contributed by atoms with E-state index in [4.69, 9.17) is 9.47 Å². The first-order valence-corrected chi connectivity index (χ1v) is 10.8. The van der Waals surface area contributed by atoms with Gasteiger partial charge < -0.3 is 19.9 Å². The third-order valence-electron chi connectivity index (χ3n) is 5.53. The molecule has 0 aromatic heterocycles. The molecule has 1 heterocycles. The average molecular weight is 430 g/mol. The number of ether oxygens (including phenoxy) is 2. The van der Waals surface area contributed by atoms with E-state index in [-0.39, 0.29) is 18.6 Å². The minimum Gasteiger partial charge on any atom is -0.454 e. The molecule has 0 spiro atoms. The molecule has 3 aromatic rings. The Morgan fingerprint density at radius 2 is 1.69 bits per heavy atom. The van der Waals surface area contributed by atoms with Crippen molar-refractivity contribution < 1.29 is 19.4 Å². The molecule has 1 aliphatic rings. The number of hydrogen-bond donors (Lipinski definition) is 2. The van der Waals surface area contributed by atoms with E-state index in [0.717, 1.165) is 16.7 Å². The minimum atomic E-state index is -0.635. The number of aliphatic hydroxyl groups excluding tert-OH is 1. The van der Waals surface area contributed by atoms with Crippen LogP contribution < -0.4 is 14.8 Å². The molecule has 5 heteroatoms. The van der Waals surface area contributed by atoms with E-state index in [1.807, 2.05) is 91.9 Å². The van der Waals surface area contributed by atoms with E-state index >= 15 is 0 Å². The second-order valence-corrected chi connectivity index (χ2v) is 7.81. The highest BCUT2D eigenvalue weighted by atomic mass is 16.7. The van der Waals surface area contributed by atoms with Gasteiger partial charge in [-0.2, -0.15) is 0 Å². The fraction of sp³-hybridized carbons (Fsp3) is 0.222. The second-order valence-electron chi connectivity index (χ2n) is 7.81. The predicted octanol–water partition coefficient (Wildman–Crippen LogP) is 4.63. The zero-order chi connectivity index (χ0) is 22.3. The van der Waals surface area contributed by atoms with Crippen molar-refractivity contribution in [2.24, 2.45) is 0 Å². The minimum absolute atomic E-state index is 0.0303. The molecule has 4 rings (SSSR count). The maximum Gasteiger partial charge on any atom is 0.231 e. The Hall–Kier alpha value is -3.41. The van der Waals surface area contributed by atoms with Gasteiger partial charge in [0.2, 0.25) is 6.79 Å². The van der Waals surface area contributed by atoms with Crippen molar-refractivity contribution in [1.29, 1.82) is 0 Å². The molecule has 3 aromatic carbocycles. The lowest BCUT2D eigenvalue weighted by Crippen LogP contribution is -2.33. The van der Waals surface area contributed by atoms with Gasteiger partial charge >= 0.3 is 0 Å². The van der Waals surface area contributed by atoms with E-state index in [9.17, 15) is 9.90 Å². The van der Waals surface area contributed by atoms with Crippen LogP contribution >= 0.6 is 0 Å². The zero-order valence-corrected chi connectivity index (χ0v) is 18.0. The Balaban J connectivity index is 1.45. The number of nitrogens with one attached hydrogen (secondary N) is 1. The molecule has 0 saturated carbocycles. The fourth-order valence-electron chi connectivity index (χ4n) is 3.71. The van der Waals surface area contributed by atoms with Crippen molar-refractivity contribution in [1.82, 2.24) is 5.32 Å². The number of carbonyl (C=O) groups is 1. The lowest BCUT2D eigenvalue weighted by atomic mass is 9.97. The summed E-state index contributed by atoms with van der Waals surface area (Å²) in [5.41, 5.74) is 3.24. The van der Waals surface area contributed by atoms with Crippen molar-refractivity contribution in [2.75, 3.05) is 13.3 Å². The second kappa shape index (κ2) is 10.3. The number of hydrogen-bond acceptors (Lipinski definition) is 5. The summed E-state index contributed by atoms with van der Waals surface area (Å²) in [6, 6.07) is 24.7. The molecule has 5 nitrogen and oxygen atoms in total. The quantitative estimate of drug-likeness (QED) is 0.384. The van der Waals surface area contributed by atoms with Crippen LogP contribution in [0.25, 0.3) is 11.6 Å². The molecule has 0 aliphatic carbocycles. The van der Waals surface area contributed by atoms with Gasteiger partial charge in [0, 0.05) is 24.6 Å². The van der Waals surface area contributed by atoms with Crippen LogP contribution in [0.2, 0.25) is 0 Å². The van der Waals surface area contributed by atoms with Crippen molar-refractivity contribution in [2.45, 2.75) is 25.5 Å². The van der Waals surface area contributed by atoms with Gasteiger partial charge in [-0.15, -0.1) is 0 Å². The molecule has 164 valence electrons. The summed E-state index contributed by atoms with van der Waals surface area (Å²) in [5, 5.41) is 13.8. The van der Waals surface area contributed by atoms with Crippen LogP contribution in [0.15, 0.2) is 78.9 Å². The first-order valence-electron chi connectivity index (χ1n) is 10.8. The van der Waals surface area contributed by atoms with Crippen molar-refractivity contribution >= 4 is 17.4 Å². The van der Waals surface area contributed by atoms with E-state index in [1.165, 1.54) is 0 Å². The summed E-state index contributed by atoms with van der Waals surface area (Å²) < 4.78 is 10.8. The Morgan fingerprint density at radius 3 is 2.44 bits per heavy atom. The van der Waals surface area contributed by atoms with Crippen LogP contribution in [0.1, 0.15) is 36.1 Å². The Bertz CT molecular complexity index is 1080. The van der Waals surface area contributed by atoms with Crippen LogP contribution in [0.3, 0.4) is 0 Å². The molecule has 0 saturated heterocycles. The zero-order valence-electron chi connectivity index (χ0n) is 18.0. The summed E-state index contributed by atoms with van der Waals surface area (Å²) in [6.07, 6.45) is 1.57. The van der Waals surface area contributed by atoms with Gasteiger partial charge in [-0.1, -0.05) is 66.7 Å². The number of fused-ring (bicyclic) bond motifs is 1. The summed E-state index contributed by atoms with van der Waals surface area (Å²) >= 11 is 0. The number of allylic oxidation sites excluding steroid dienone is 1. The van der Waals surface area contributed by atoms with Crippen LogP contribution in [-0.4, -0.2) is 30.3 Å². The first kappa shape index (κ1) is 21.8. The van der Waals surface area contributed by atoms with Crippen molar-refractivity contribution in [3.63, 3.8) is 0 Å². The smallest absolute Gasteiger partial charge is 0.231 e. The topological polar surface area (TPSA) is 67.8 Å². The Morgan fingerprint density at radius 1 is 1.00 bits per heavy atom. The number of carbonyl (C=O) groups excluding carboxylic acids is 1. The van der Waals surface area contributed by atoms with E-state index in [2.05, 4.69) is 5.32 Å². The molecular weight excluding hydrogens is 402 g/mol. The fourth-order valence-corrected chi connectivity index (χ4v) is 3.71. The summed E-state index contributed by atoms with van der Waals surface area (Å²) in [7, 11) is 0. The molecule has 2 N–H and O–H groups in total. The lowest BCUT2D eigenvalue weighted by molar-refractivity contribution is -0.113. The molecule has 32 heavy (non-hydrogen) atoms. The number of aliphatic hydroxyl groups is 1.